The van der Waals surface area contributed by atoms with E-state index >= 15 is 0 Å². The zero-order valence-corrected chi connectivity index (χ0v) is 6.47. The molecule has 0 aromatic rings. The highest BCUT2D eigenvalue weighted by Crippen LogP contribution is 2.30. The summed E-state index contributed by atoms with van der Waals surface area (Å²) in [6, 6.07) is 0. The third-order valence-electron chi connectivity index (χ3n) is 2.75. The van der Waals surface area contributed by atoms with Crippen molar-refractivity contribution < 1.29 is 0 Å². The smallest absolute Gasteiger partial charge is 0.0388 e. The van der Waals surface area contributed by atoms with Crippen molar-refractivity contribution in [3.8, 4) is 0 Å². The van der Waals surface area contributed by atoms with Crippen LogP contribution in [0.1, 0.15) is 38.5 Å². The van der Waals surface area contributed by atoms with Gasteiger partial charge in [0.05, 0.1) is 0 Å². The normalized spacial score (nSPS) is 32.8. The largest absolute Gasteiger partial charge is 0.294 e. The van der Waals surface area contributed by atoms with E-state index in [1.807, 2.05) is 0 Å². The summed E-state index contributed by atoms with van der Waals surface area (Å²) >= 11 is 0. The molecule has 0 amide bonds. The van der Waals surface area contributed by atoms with Crippen molar-refractivity contribution in [2.75, 3.05) is 6.54 Å². The molecule has 2 aliphatic rings. The summed E-state index contributed by atoms with van der Waals surface area (Å²) in [4.78, 5) is 4.57. The summed E-state index contributed by atoms with van der Waals surface area (Å²) in [5.74, 6) is 0.917. The van der Waals surface area contributed by atoms with Crippen LogP contribution in [0.5, 0.6) is 0 Å². The number of rotatable bonds is 0. The Morgan fingerprint density at radius 3 is 2.90 bits per heavy atom. The predicted molar refractivity (Wildman–Crippen MR) is 43.5 cm³/mol. The Morgan fingerprint density at radius 1 is 1.10 bits per heavy atom. The van der Waals surface area contributed by atoms with Crippen LogP contribution in [0.3, 0.4) is 0 Å². The Bertz CT molecular complexity index is 149. The number of aliphatic imine (C=N–C) groups is 1. The maximum absolute atomic E-state index is 4.57. The van der Waals surface area contributed by atoms with Crippen molar-refractivity contribution >= 4 is 5.71 Å². The van der Waals surface area contributed by atoms with Gasteiger partial charge >= 0.3 is 0 Å². The van der Waals surface area contributed by atoms with Gasteiger partial charge in [-0.3, -0.25) is 4.99 Å². The molecule has 2 rings (SSSR count). The van der Waals surface area contributed by atoms with E-state index in [-0.39, 0.29) is 0 Å². The minimum atomic E-state index is 0.917. The van der Waals surface area contributed by atoms with Gasteiger partial charge in [-0.2, -0.15) is 0 Å². The van der Waals surface area contributed by atoms with Gasteiger partial charge in [-0.1, -0.05) is 12.8 Å². The first-order chi connectivity index (χ1) is 4.97. The predicted octanol–water partition coefficient (Wildman–Crippen LogP) is 2.41. The van der Waals surface area contributed by atoms with E-state index in [1.165, 1.54) is 38.5 Å². The van der Waals surface area contributed by atoms with E-state index in [1.54, 1.807) is 5.71 Å². The molecule has 0 bridgehead atoms. The fourth-order valence-electron chi connectivity index (χ4n) is 1.90. The van der Waals surface area contributed by atoms with Gasteiger partial charge in [0.1, 0.15) is 0 Å². The van der Waals surface area contributed by atoms with Crippen LogP contribution < -0.4 is 0 Å². The topological polar surface area (TPSA) is 12.4 Å². The maximum atomic E-state index is 4.57. The third kappa shape index (κ3) is 1.09. The van der Waals surface area contributed by atoms with Crippen molar-refractivity contribution in [1.29, 1.82) is 0 Å². The minimum Gasteiger partial charge on any atom is -0.294 e. The Hall–Kier alpha value is -0.330. The number of fused-ring (bicyclic) bond motifs is 1. The highest BCUT2D eigenvalue weighted by Gasteiger charge is 2.25. The molecule has 0 aromatic heterocycles. The summed E-state index contributed by atoms with van der Waals surface area (Å²) in [7, 11) is 0. The van der Waals surface area contributed by atoms with Crippen LogP contribution in [0, 0.1) is 5.92 Å². The van der Waals surface area contributed by atoms with Gasteiger partial charge < -0.3 is 0 Å². The molecule has 0 spiro atoms. The summed E-state index contributed by atoms with van der Waals surface area (Å²) in [6.07, 6.45) is 8.36. The van der Waals surface area contributed by atoms with E-state index in [0.29, 0.717) is 0 Å². The van der Waals surface area contributed by atoms with E-state index in [2.05, 4.69) is 4.99 Å². The Kier molecular flexibility index (Phi) is 1.74. The number of hydrogen-bond donors (Lipinski definition) is 0. The molecule has 1 unspecified atom stereocenters. The highest BCUT2D eigenvalue weighted by molar-refractivity contribution is 5.91. The second kappa shape index (κ2) is 2.73. The standard InChI is InChI=1S/C9H15N/c1-2-4-8-5-6-9(8)10-7-3-1/h8H,1-7H2. The summed E-state index contributed by atoms with van der Waals surface area (Å²) in [5, 5.41) is 0. The highest BCUT2D eigenvalue weighted by atomic mass is 14.8. The molecule has 0 aromatic carbocycles. The van der Waals surface area contributed by atoms with Gasteiger partial charge in [0, 0.05) is 12.3 Å². The average molecular weight is 137 g/mol. The molecule has 1 aliphatic heterocycles. The Morgan fingerprint density at radius 2 is 2.10 bits per heavy atom. The Balaban J connectivity index is 1.99. The summed E-state index contributed by atoms with van der Waals surface area (Å²) in [6.45, 7) is 1.12. The molecule has 0 N–H and O–H groups in total. The van der Waals surface area contributed by atoms with Crippen LogP contribution in [0.2, 0.25) is 0 Å². The van der Waals surface area contributed by atoms with Crippen molar-refractivity contribution in [1.82, 2.24) is 0 Å². The lowest BCUT2D eigenvalue weighted by Crippen LogP contribution is -2.27. The second-order valence-corrected chi connectivity index (χ2v) is 3.46. The third-order valence-corrected chi connectivity index (χ3v) is 2.75. The lowest BCUT2D eigenvalue weighted by molar-refractivity contribution is 0.465. The average Bonchev–Trinajstić information content (AvgIpc) is 1.89. The molecule has 1 fully saturated rings. The first-order valence-electron chi connectivity index (χ1n) is 4.50. The van der Waals surface area contributed by atoms with Crippen LogP contribution in [0.15, 0.2) is 4.99 Å². The molecule has 1 aliphatic carbocycles. The van der Waals surface area contributed by atoms with Gasteiger partial charge in [0.15, 0.2) is 0 Å². The van der Waals surface area contributed by atoms with Crippen LogP contribution >= 0.6 is 0 Å². The molecule has 1 nitrogen and oxygen atoms in total. The Labute approximate surface area is 62.5 Å². The van der Waals surface area contributed by atoms with Crippen molar-refractivity contribution in [3.05, 3.63) is 0 Å². The quantitative estimate of drug-likeness (QED) is 0.486. The monoisotopic (exact) mass is 137 g/mol. The molecule has 1 heterocycles. The SMILES string of the molecule is C1CCN=C2CCC2CC1. The van der Waals surface area contributed by atoms with Gasteiger partial charge in [-0.25, -0.2) is 0 Å². The maximum Gasteiger partial charge on any atom is 0.0388 e. The molecule has 1 atom stereocenters. The van der Waals surface area contributed by atoms with Crippen LogP contribution in [0.25, 0.3) is 0 Å². The minimum absolute atomic E-state index is 0.917. The summed E-state index contributed by atoms with van der Waals surface area (Å²) in [5.41, 5.74) is 1.54. The first kappa shape index (κ1) is 6.38. The van der Waals surface area contributed by atoms with Crippen molar-refractivity contribution in [2.45, 2.75) is 38.5 Å². The zero-order chi connectivity index (χ0) is 6.81. The number of nitrogens with zero attached hydrogens (tertiary/aromatic N) is 1. The molecule has 0 radical (unpaired) electrons. The van der Waals surface area contributed by atoms with Crippen molar-refractivity contribution in [2.24, 2.45) is 10.9 Å². The van der Waals surface area contributed by atoms with E-state index in [4.69, 9.17) is 0 Å². The fraction of sp³-hybridized carbons (Fsp3) is 0.889. The summed E-state index contributed by atoms with van der Waals surface area (Å²) < 4.78 is 0. The molecule has 1 saturated carbocycles. The molecular formula is C9H15N. The zero-order valence-electron chi connectivity index (χ0n) is 6.47. The molecule has 56 valence electrons. The van der Waals surface area contributed by atoms with E-state index < -0.39 is 0 Å². The van der Waals surface area contributed by atoms with Crippen LogP contribution in [-0.4, -0.2) is 12.3 Å². The van der Waals surface area contributed by atoms with Crippen LogP contribution in [-0.2, 0) is 0 Å². The van der Waals surface area contributed by atoms with Gasteiger partial charge in [-0.15, -0.1) is 0 Å². The molecule has 1 heteroatoms. The number of hydrogen-bond acceptors (Lipinski definition) is 1. The molecule has 0 saturated heterocycles. The molecular weight excluding hydrogens is 122 g/mol. The van der Waals surface area contributed by atoms with Gasteiger partial charge in [0.2, 0.25) is 0 Å². The first-order valence-corrected chi connectivity index (χ1v) is 4.50. The molecule has 10 heavy (non-hydrogen) atoms. The van der Waals surface area contributed by atoms with Gasteiger partial charge in [-0.05, 0) is 31.6 Å². The van der Waals surface area contributed by atoms with Crippen LogP contribution in [0.4, 0.5) is 0 Å². The van der Waals surface area contributed by atoms with E-state index in [0.717, 1.165) is 12.5 Å². The fourth-order valence-corrected chi connectivity index (χ4v) is 1.90. The second-order valence-electron chi connectivity index (χ2n) is 3.46. The van der Waals surface area contributed by atoms with Crippen molar-refractivity contribution in [3.63, 3.8) is 0 Å². The van der Waals surface area contributed by atoms with E-state index in [9.17, 15) is 0 Å². The lowest BCUT2D eigenvalue weighted by atomic mass is 9.78. The van der Waals surface area contributed by atoms with Gasteiger partial charge in [0.25, 0.3) is 0 Å². The lowest BCUT2D eigenvalue weighted by Gasteiger charge is -2.29.